The number of hydrogen-bond acceptors (Lipinski definition) is 6. The minimum absolute atomic E-state index is 0.0539. The topological polar surface area (TPSA) is 75.2 Å². The van der Waals surface area contributed by atoms with Gasteiger partial charge in [-0.25, -0.2) is 0 Å². The van der Waals surface area contributed by atoms with Gasteiger partial charge in [-0.3, -0.25) is 4.68 Å². The Morgan fingerprint density at radius 3 is 2.64 bits per heavy atom. The van der Waals surface area contributed by atoms with Gasteiger partial charge in [-0.2, -0.15) is 13.9 Å². The van der Waals surface area contributed by atoms with Gasteiger partial charge in [0.1, 0.15) is 0 Å². The van der Waals surface area contributed by atoms with Crippen molar-refractivity contribution in [3.63, 3.8) is 0 Å². The van der Waals surface area contributed by atoms with E-state index in [1.54, 1.807) is 17.7 Å². The zero-order valence-corrected chi connectivity index (χ0v) is 16.3. The van der Waals surface area contributed by atoms with Crippen LogP contribution in [0.25, 0.3) is 11.5 Å². The van der Waals surface area contributed by atoms with E-state index in [1.807, 2.05) is 13.8 Å². The highest BCUT2D eigenvalue weighted by molar-refractivity contribution is 6.31. The molecule has 0 bridgehead atoms. The van der Waals surface area contributed by atoms with Gasteiger partial charge in [-0.1, -0.05) is 11.6 Å². The van der Waals surface area contributed by atoms with E-state index in [1.165, 1.54) is 12.1 Å². The van der Waals surface area contributed by atoms with Crippen LogP contribution in [0.15, 0.2) is 22.6 Å². The molecule has 7 nitrogen and oxygen atoms in total. The van der Waals surface area contributed by atoms with E-state index in [-0.39, 0.29) is 17.4 Å². The fraction of sp³-hybridized carbons (Fsp3) is 0.389. The van der Waals surface area contributed by atoms with E-state index in [9.17, 15) is 8.78 Å². The lowest BCUT2D eigenvalue weighted by atomic mass is 10.2. The molecule has 1 aromatic carbocycles. The third kappa shape index (κ3) is 4.41. The first-order valence-corrected chi connectivity index (χ1v) is 9.00. The van der Waals surface area contributed by atoms with Crippen LogP contribution in [0.1, 0.15) is 24.2 Å². The number of aryl methyl sites for hydroxylation is 3. The summed E-state index contributed by atoms with van der Waals surface area (Å²) in [4.78, 5) is 0. The molecule has 0 saturated heterocycles. The molecular weight excluding hydrogens is 394 g/mol. The number of nitrogens with zero attached hydrogens (tertiary/aromatic N) is 4. The van der Waals surface area contributed by atoms with Crippen LogP contribution >= 0.6 is 11.6 Å². The van der Waals surface area contributed by atoms with E-state index in [0.29, 0.717) is 36.0 Å². The fourth-order valence-corrected chi connectivity index (χ4v) is 2.80. The smallest absolute Gasteiger partial charge is 0.387 e. The Hall–Kier alpha value is -2.68. The molecule has 28 heavy (non-hydrogen) atoms. The molecule has 3 aromatic rings. The van der Waals surface area contributed by atoms with Gasteiger partial charge in [-0.05, 0) is 39.0 Å². The Balaban J connectivity index is 1.75. The molecule has 0 aliphatic heterocycles. The van der Waals surface area contributed by atoms with Crippen molar-refractivity contribution in [2.24, 2.45) is 0 Å². The van der Waals surface area contributed by atoms with Crippen molar-refractivity contribution >= 4 is 11.6 Å². The van der Waals surface area contributed by atoms with E-state index in [2.05, 4.69) is 20.0 Å². The van der Waals surface area contributed by atoms with Crippen molar-refractivity contribution in [1.82, 2.24) is 20.0 Å². The quantitative estimate of drug-likeness (QED) is 0.544. The van der Waals surface area contributed by atoms with Gasteiger partial charge in [0, 0.05) is 18.5 Å². The van der Waals surface area contributed by atoms with Crippen molar-refractivity contribution in [2.45, 2.75) is 40.3 Å². The van der Waals surface area contributed by atoms with E-state index < -0.39 is 6.61 Å². The maximum Gasteiger partial charge on any atom is 0.387 e. The second-order valence-electron chi connectivity index (χ2n) is 5.93. The molecule has 0 fully saturated rings. The van der Waals surface area contributed by atoms with Crippen LogP contribution in [0.2, 0.25) is 5.02 Å². The highest BCUT2D eigenvalue weighted by Crippen LogP contribution is 2.33. The highest BCUT2D eigenvalue weighted by atomic mass is 35.5. The number of benzene rings is 1. The molecule has 2 aromatic heterocycles. The van der Waals surface area contributed by atoms with Crippen LogP contribution in [0.4, 0.5) is 8.78 Å². The lowest BCUT2D eigenvalue weighted by molar-refractivity contribution is -0.0514. The molecule has 0 amide bonds. The summed E-state index contributed by atoms with van der Waals surface area (Å²) in [6, 6.07) is 4.46. The summed E-state index contributed by atoms with van der Waals surface area (Å²) >= 11 is 6.15. The number of ether oxygens (including phenoxy) is 2. The van der Waals surface area contributed by atoms with E-state index >= 15 is 0 Å². The Bertz CT molecular complexity index is 958. The van der Waals surface area contributed by atoms with Crippen molar-refractivity contribution in [3.8, 4) is 23.0 Å². The predicted octanol–water partition coefficient (Wildman–Crippen LogP) is 4.45. The molecule has 0 N–H and O–H groups in total. The van der Waals surface area contributed by atoms with Gasteiger partial charge in [0.2, 0.25) is 11.8 Å². The molecule has 0 aliphatic carbocycles. The molecule has 0 spiro atoms. The standard InChI is InChI=1S/C18H19ClF2N4O3/c1-4-26-14-9-12(5-6-13(14)27-18(20)21)17-23-22-15(28-17)7-8-25-11(3)16(19)10(2)24-25/h5-6,9,18H,4,7-8H2,1-3H3. The first kappa shape index (κ1) is 20.1. The Morgan fingerprint density at radius 1 is 1.21 bits per heavy atom. The minimum Gasteiger partial charge on any atom is -0.490 e. The predicted molar refractivity (Wildman–Crippen MR) is 98.0 cm³/mol. The zero-order valence-electron chi connectivity index (χ0n) is 15.6. The first-order chi connectivity index (χ1) is 13.4. The monoisotopic (exact) mass is 412 g/mol. The van der Waals surface area contributed by atoms with Crippen LogP contribution in [-0.4, -0.2) is 33.2 Å². The SMILES string of the molecule is CCOc1cc(-c2nnc(CCn3nc(C)c(Cl)c3C)o2)ccc1OC(F)F. The Kier molecular flexibility index (Phi) is 6.13. The van der Waals surface area contributed by atoms with Gasteiger partial charge in [0.05, 0.1) is 23.0 Å². The van der Waals surface area contributed by atoms with Gasteiger partial charge in [0.15, 0.2) is 11.5 Å². The maximum absolute atomic E-state index is 12.5. The van der Waals surface area contributed by atoms with Crippen LogP contribution < -0.4 is 9.47 Å². The number of alkyl halides is 2. The third-order valence-electron chi connectivity index (χ3n) is 4.00. The molecule has 0 aliphatic rings. The van der Waals surface area contributed by atoms with Gasteiger partial charge in [0.25, 0.3) is 0 Å². The fourth-order valence-electron chi connectivity index (χ4n) is 2.67. The summed E-state index contributed by atoms with van der Waals surface area (Å²) in [7, 11) is 0. The maximum atomic E-state index is 12.5. The second kappa shape index (κ2) is 8.55. The molecular formula is C18H19ClF2N4O3. The van der Waals surface area contributed by atoms with Crippen LogP contribution in [0, 0.1) is 13.8 Å². The molecule has 2 heterocycles. The summed E-state index contributed by atoms with van der Waals surface area (Å²) in [5.74, 6) is 0.801. The Labute approximate surface area is 165 Å². The Morgan fingerprint density at radius 2 is 2.00 bits per heavy atom. The van der Waals surface area contributed by atoms with Gasteiger partial charge < -0.3 is 13.9 Å². The average molecular weight is 413 g/mol. The largest absolute Gasteiger partial charge is 0.490 e. The molecule has 0 saturated carbocycles. The number of halogens is 3. The van der Waals surface area contributed by atoms with Gasteiger partial charge in [-0.15, -0.1) is 10.2 Å². The minimum atomic E-state index is -2.94. The summed E-state index contributed by atoms with van der Waals surface area (Å²) in [6.07, 6.45) is 0.468. The lowest BCUT2D eigenvalue weighted by Gasteiger charge is -2.11. The van der Waals surface area contributed by atoms with Crippen molar-refractivity contribution in [2.75, 3.05) is 6.61 Å². The summed E-state index contributed by atoms with van der Waals surface area (Å²) in [6.45, 7) is 3.36. The third-order valence-corrected chi connectivity index (χ3v) is 4.55. The molecule has 3 rings (SSSR count). The van der Waals surface area contributed by atoms with Crippen LogP contribution in [0.3, 0.4) is 0 Å². The number of aromatic nitrogens is 4. The summed E-state index contributed by atoms with van der Waals surface area (Å²) in [5.41, 5.74) is 2.17. The molecule has 0 atom stereocenters. The lowest BCUT2D eigenvalue weighted by Crippen LogP contribution is -2.05. The zero-order chi connectivity index (χ0) is 20.3. The number of rotatable bonds is 8. The van der Waals surface area contributed by atoms with Crippen molar-refractivity contribution < 1.29 is 22.7 Å². The van der Waals surface area contributed by atoms with Crippen molar-refractivity contribution in [3.05, 3.63) is 40.5 Å². The van der Waals surface area contributed by atoms with Crippen molar-refractivity contribution in [1.29, 1.82) is 0 Å². The summed E-state index contributed by atoms with van der Waals surface area (Å²) < 4.78 is 42.3. The van der Waals surface area contributed by atoms with Gasteiger partial charge >= 0.3 is 6.61 Å². The molecule has 10 heteroatoms. The molecule has 150 valence electrons. The first-order valence-electron chi connectivity index (χ1n) is 8.63. The van der Waals surface area contributed by atoms with E-state index in [0.717, 1.165) is 11.4 Å². The van der Waals surface area contributed by atoms with E-state index in [4.69, 9.17) is 20.8 Å². The van der Waals surface area contributed by atoms with Crippen LogP contribution in [-0.2, 0) is 13.0 Å². The molecule has 0 unspecified atom stereocenters. The molecule has 0 radical (unpaired) electrons. The van der Waals surface area contributed by atoms with Crippen LogP contribution in [0.5, 0.6) is 11.5 Å². The number of hydrogen-bond donors (Lipinski definition) is 0. The second-order valence-corrected chi connectivity index (χ2v) is 6.31. The normalized spacial score (nSPS) is 11.2. The summed E-state index contributed by atoms with van der Waals surface area (Å²) in [5, 5.41) is 13.0. The average Bonchev–Trinajstić information content (AvgIpc) is 3.22. The highest BCUT2D eigenvalue weighted by Gasteiger charge is 2.16.